The Hall–Kier alpha value is -3.10. The molecular formula is C59H100F4LiO19P. The van der Waals surface area contributed by atoms with Crippen LogP contribution in [-0.2, 0) is 85.1 Å². The zero-order chi connectivity index (χ0) is 62.4. The van der Waals surface area contributed by atoms with Gasteiger partial charge in [0.1, 0.15) is 24.7 Å². The molecule has 4 fully saturated rings. The number of ketones is 2. The first-order chi connectivity index (χ1) is 39.5. The molecule has 4 unspecified atom stereocenters. The van der Waals surface area contributed by atoms with Gasteiger partial charge in [0.05, 0.1) is 26.4 Å². The van der Waals surface area contributed by atoms with Gasteiger partial charge in [-0.25, -0.2) is 0 Å². The van der Waals surface area contributed by atoms with E-state index in [4.69, 9.17) is 33.5 Å². The maximum absolute atomic E-state index is 14.3. The summed E-state index contributed by atoms with van der Waals surface area (Å²) in [6, 6.07) is 0. The van der Waals surface area contributed by atoms with E-state index < -0.39 is 74.5 Å². The maximum Gasteiger partial charge on any atom is 1.00 e. The van der Waals surface area contributed by atoms with Gasteiger partial charge in [0.15, 0.2) is 12.6 Å². The number of ether oxygens (including phenoxy) is 8. The Labute approximate surface area is 509 Å². The van der Waals surface area contributed by atoms with Gasteiger partial charge in [0.25, 0.3) is 0 Å². The number of aldehydes is 1. The molecule has 2 saturated heterocycles. The van der Waals surface area contributed by atoms with Crippen LogP contribution >= 0.6 is 7.60 Å². The van der Waals surface area contributed by atoms with Gasteiger partial charge in [-0.05, 0) is 83.1 Å². The van der Waals surface area contributed by atoms with Gasteiger partial charge in [-0.3, -0.25) is 33.3 Å². The van der Waals surface area contributed by atoms with Gasteiger partial charge in [-0.15, -0.1) is 0 Å². The smallest absolute Gasteiger partial charge is 1.00 e. The third-order valence-electron chi connectivity index (χ3n) is 15.1. The molecule has 0 aromatic carbocycles. The molecule has 1 N–H and O–H groups in total. The first-order valence-corrected chi connectivity index (χ1v) is 31.4. The van der Waals surface area contributed by atoms with E-state index in [0.717, 1.165) is 130 Å². The Kier molecular flexibility index (Phi) is 43.5. The summed E-state index contributed by atoms with van der Waals surface area (Å²) in [5.74, 6) is -11.5. The SMILES string of the molecule is CCCCC(F)(F)C(=O)/C=C/[C@@H]1C(CCCCCCC(=O)OC)[C@@H](OC(C)=O)C[C@H]1OC1CCCCO1.CCCCC(F)(F)C(=O)CP(=O)(OC)OC.CO.COC(=O)CCCCCCC1[C@@H](OC(C)=O)C[C@@H](OC2CCCCO2)[C@@H]1C=O.[H-].[Li+]. The number of halogens is 4. The third kappa shape index (κ3) is 31.7. The summed E-state index contributed by atoms with van der Waals surface area (Å²) >= 11 is 0. The largest absolute Gasteiger partial charge is 1.00 e. The van der Waals surface area contributed by atoms with Crippen molar-refractivity contribution in [2.24, 2.45) is 23.7 Å². The summed E-state index contributed by atoms with van der Waals surface area (Å²) in [5.41, 5.74) is 0. The van der Waals surface area contributed by atoms with Crippen LogP contribution < -0.4 is 18.9 Å². The van der Waals surface area contributed by atoms with Gasteiger partial charge in [-0.2, -0.15) is 17.6 Å². The fourth-order valence-electron chi connectivity index (χ4n) is 10.5. The van der Waals surface area contributed by atoms with Crippen molar-refractivity contribution in [3.05, 3.63) is 12.2 Å². The van der Waals surface area contributed by atoms with Crippen molar-refractivity contribution < 1.29 is 128 Å². The molecule has 2 aliphatic heterocycles. The van der Waals surface area contributed by atoms with Crippen molar-refractivity contribution in [2.45, 2.75) is 243 Å². The molecule has 19 nitrogen and oxygen atoms in total. The average Bonchev–Trinajstić information content (AvgIpc) is 3.34. The van der Waals surface area contributed by atoms with Crippen molar-refractivity contribution in [1.82, 2.24) is 0 Å². The standard InChI is InChI=1S/C28H44F2O7.C21H34O7.C9H17F2O4P.CH4O.Li.H/c1-4-5-17-28(29,30)25(32)16-15-22-21(12-8-6-7-9-13-26(33)34-3)23(36-20(2)31)19-24(22)37-27-14-10-11-18-35-27;1-15(23)27-18-13-19(28-21-11-7-8-12-26-21)17(14-22)16(18)9-5-3-4-6-10-20(24)25-2;1-4-5-6-9(10,11)8(12)7-16(13,14-2)15-3;1-2;;/h15-16,21-24,27H,4-14,17-19H2,1-3H3;14,16-19,21H,3-13H2,1-2H3;4-7H2,1-3H3;2H,1H3;;/q;;;;+1;-1/b16-15+;;;;;/t21?,22-,23+,24-,27?;16?,17-,18+,19-,21?;;;;/m11..../s1. The van der Waals surface area contributed by atoms with Crippen molar-refractivity contribution in [2.75, 3.05) is 54.9 Å². The second-order valence-corrected chi connectivity index (χ2v) is 23.6. The van der Waals surface area contributed by atoms with E-state index in [1.807, 2.05) is 0 Å². The minimum atomic E-state index is -3.70. The fraction of sp³-hybridized carbons (Fsp3) is 0.847. The van der Waals surface area contributed by atoms with Crippen molar-refractivity contribution >= 4 is 49.3 Å². The van der Waals surface area contributed by atoms with Crippen molar-refractivity contribution in [3.63, 3.8) is 0 Å². The van der Waals surface area contributed by atoms with Crippen LogP contribution in [0.15, 0.2) is 12.2 Å². The molecule has 484 valence electrons. The Bertz CT molecular complexity index is 1960. The maximum atomic E-state index is 14.3. The molecule has 0 aromatic rings. The summed E-state index contributed by atoms with van der Waals surface area (Å²) in [6.45, 7) is 7.59. The molecule has 10 atom stereocenters. The molecule has 0 radical (unpaired) electrons. The Morgan fingerprint density at radius 1 is 0.607 bits per heavy atom. The number of aliphatic hydroxyl groups excluding tert-OH is 1. The number of hydrogen-bond donors (Lipinski definition) is 1. The molecular weight excluding hydrogens is 1130 g/mol. The number of carbonyl (C=O) groups is 7. The molecule has 0 aromatic heterocycles. The molecule has 0 amide bonds. The van der Waals surface area contributed by atoms with Crippen molar-refractivity contribution in [1.29, 1.82) is 0 Å². The van der Waals surface area contributed by atoms with E-state index in [1.165, 1.54) is 28.1 Å². The van der Waals surface area contributed by atoms with Crippen molar-refractivity contribution in [3.8, 4) is 0 Å². The summed E-state index contributed by atoms with van der Waals surface area (Å²) in [4.78, 5) is 81.3. The minimum absolute atomic E-state index is 0. The third-order valence-corrected chi connectivity index (χ3v) is 16.9. The number of methoxy groups -OCH3 is 2. The van der Waals surface area contributed by atoms with Crippen LogP contribution in [0.2, 0.25) is 0 Å². The fourth-order valence-corrected chi connectivity index (χ4v) is 11.5. The number of alkyl halides is 4. The Morgan fingerprint density at radius 2 is 1.02 bits per heavy atom. The number of Topliss-reactive ketones (excluding diaryl/α,β-unsaturated/α-hetero) is 1. The average molecular weight is 1230 g/mol. The number of unbranched alkanes of at least 4 members (excludes halogenated alkanes) is 8. The molecule has 2 aliphatic carbocycles. The number of esters is 4. The zero-order valence-electron chi connectivity index (χ0n) is 52.8. The zero-order valence-corrected chi connectivity index (χ0v) is 52.7. The van der Waals surface area contributed by atoms with Gasteiger partial charge in [0, 0.05) is 111 Å². The van der Waals surface area contributed by atoms with Gasteiger partial charge < -0.3 is 58.3 Å². The molecule has 0 bridgehead atoms. The van der Waals surface area contributed by atoms with Crippen LogP contribution in [0.4, 0.5) is 17.6 Å². The van der Waals surface area contributed by atoms with Gasteiger partial charge in [0.2, 0.25) is 11.6 Å². The number of allylic oxidation sites excluding steroid dienone is 1. The summed E-state index contributed by atoms with van der Waals surface area (Å²) in [5, 5.41) is 7.00. The number of hydrogen-bond acceptors (Lipinski definition) is 19. The van der Waals surface area contributed by atoms with E-state index >= 15 is 0 Å². The molecule has 4 aliphatic rings. The van der Waals surface area contributed by atoms with Gasteiger partial charge >= 0.3 is 62.2 Å². The van der Waals surface area contributed by atoms with E-state index in [2.05, 4.69) is 18.5 Å². The van der Waals surface area contributed by atoms with E-state index in [0.29, 0.717) is 58.2 Å². The predicted molar refractivity (Wildman–Crippen MR) is 301 cm³/mol. The first kappa shape index (κ1) is 80.9. The summed E-state index contributed by atoms with van der Waals surface area (Å²) < 4.78 is 120. The Balaban J connectivity index is 0. The number of carbonyl (C=O) groups excluding carboxylic acids is 7. The van der Waals surface area contributed by atoms with Crippen LogP contribution in [0.25, 0.3) is 0 Å². The molecule has 2 heterocycles. The summed E-state index contributed by atoms with van der Waals surface area (Å²) in [6.07, 6.45) is 16.9. The second-order valence-electron chi connectivity index (χ2n) is 21.3. The molecule has 84 heavy (non-hydrogen) atoms. The van der Waals surface area contributed by atoms with E-state index in [1.54, 1.807) is 19.9 Å². The first-order valence-electron chi connectivity index (χ1n) is 29.7. The number of aliphatic hydroxyl groups is 1. The Morgan fingerprint density at radius 3 is 1.40 bits per heavy atom. The van der Waals surface area contributed by atoms with Crippen LogP contribution in [0.1, 0.15) is 196 Å². The van der Waals surface area contributed by atoms with Gasteiger partial charge in [-0.1, -0.05) is 71.3 Å². The topological polar surface area (TPSA) is 249 Å². The minimum Gasteiger partial charge on any atom is -1.00 e. The molecule has 0 spiro atoms. The monoisotopic (exact) mass is 1230 g/mol. The van der Waals surface area contributed by atoms with Crippen LogP contribution in [0.5, 0.6) is 0 Å². The van der Waals surface area contributed by atoms with Crippen LogP contribution in [0, 0.1) is 23.7 Å². The molecule has 4 rings (SSSR count). The summed E-state index contributed by atoms with van der Waals surface area (Å²) in [7, 11) is 2.18. The number of rotatable bonds is 35. The normalized spacial score (nSPS) is 24.1. The predicted octanol–water partition coefficient (Wildman–Crippen LogP) is 8.70. The molecule has 2 saturated carbocycles. The van der Waals surface area contributed by atoms with Crippen LogP contribution in [-0.4, -0.2) is 151 Å². The molecule has 25 heteroatoms. The van der Waals surface area contributed by atoms with E-state index in [-0.39, 0.29) is 93.2 Å². The van der Waals surface area contributed by atoms with Crippen LogP contribution in [0.3, 0.4) is 0 Å². The second kappa shape index (κ2) is 45.2. The van der Waals surface area contributed by atoms with E-state index in [9.17, 15) is 55.7 Å². The quantitative estimate of drug-likeness (QED) is 0.00910.